The molecule has 0 aromatic heterocycles. The Kier molecular flexibility index (Phi) is 6.65. The van der Waals surface area contributed by atoms with Crippen molar-refractivity contribution in [3.63, 3.8) is 0 Å². The van der Waals surface area contributed by atoms with Gasteiger partial charge in [-0.15, -0.1) is 0 Å². The first-order valence-corrected chi connectivity index (χ1v) is 13.0. The molecule has 3 aliphatic heterocycles. The molecule has 0 aliphatic carbocycles. The van der Waals surface area contributed by atoms with Crippen LogP contribution in [0.3, 0.4) is 0 Å². The van der Waals surface area contributed by atoms with E-state index in [1.165, 1.54) is 12.1 Å². The Hall–Kier alpha value is -2.78. The third-order valence-electron chi connectivity index (χ3n) is 8.45. The summed E-state index contributed by atoms with van der Waals surface area (Å²) in [5, 5.41) is 2.28. The van der Waals surface area contributed by atoms with E-state index in [0.29, 0.717) is 36.1 Å². The van der Waals surface area contributed by atoms with Crippen molar-refractivity contribution in [3.8, 4) is 0 Å². The van der Waals surface area contributed by atoms with Crippen LogP contribution in [0, 0.1) is 11.6 Å². The minimum atomic E-state index is -0.652. The fourth-order valence-corrected chi connectivity index (χ4v) is 5.43. The van der Waals surface area contributed by atoms with E-state index in [2.05, 4.69) is 10.2 Å². The summed E-state index contributed by atoms with van der Waals surface area (Å²) in [6.07, 6.45) is 2.00. The lowest BCUT2D eigenvalue weighted by atomic mass is 9.77. The molecule has 3 aliphatic rings. The molecular formula is C28H33BF2N2O4. The van der Waals surface area contributed by atoms with Crippen molar-refractivity contribution < 1.29 is 27.7 Å². The van der Waals surface area contributed by atoms with Crippen LogP contribution in [-0.4, -0.2) is 43.2 Å². The molecule has 1 N–H and O–H groups in total. The van der Waals surface area contributed by atoms with Crippen molar-refractivity contribution in [2.24, 2.45) is 0 Å². The third-order valence-corrected chi connectivity index (χ3v) is 8.45. The minimum absolute atomic E-state index is 0.0659. The molecule has 3 heterocycles. The molecule has 5 rings (SSSR count). The normalized spacial score (nSPS) is 23.9. The van der Waals surface area contributed by atoms with E-state index in [4.69, 9.17) is 9.31 Å². The highest BCUT2D eigenvalue weighted by Crippen LogP contribution is 2.37. The molecule has 0 radical (unpaired) electrons. The van der Waals surface area contributed by atoms with Crippen molar-refractivity contribution in [1.82, 2.24) is 5.32 Å². The standard InChI is InChI=1S/C28H33BF2N2O4/c1-27(2)28(3,4)37-29(36-27)18-5-7-20(23(30)15-18)17-11-13-33(14-12-17)19-6-8-21(24(31)16-19)22-9-10-25(34)32-26(22)35/h5-8,15-17,22H,9-14H2,1-4H3,(H,32,34,35). The highest BCUT2D eigenvalue weighted by molar-refractivity contribution is 6.62. The average Bonchev–Trinajstić information content (AvgIpc) is 3.06. The van der Waals surface area contributed by atoms with Crippen LogP contribution in [-0.2, 0) is 18.9 Å². The zero-order chi connectivity index (χ0) is 26.5. The van der Waals surface area contributed by atoms with E-state index in [-0.39, 0.29) is 24.1 Å². The number of carbonyl (C=O) groups excluding carboxylic acids is 2. The van der Waals surface area contributed by atoms with Crippen LogP contribution in [0.1, 0.15) is 76.3 Å². The first-order valence-electron chi connectivity index (χ1n) is 13.0. The van der Waals surface area contributed by atoms with Crippen LogP contribution in [0.4, 0.5) is 14.5 Å². The number of nitrogens with one attached hydrogen (secondary N) is 1. The van der Waals surface area contributed by atoms with Gasteiger partial charge in [0, 0.05) is 30.8 Å². The van der Waals surface area contributed by atoms with Gasteiger partial charge in [0.05, 0.1) is 17.1 Å². The van der Waals surface area contributed by atoms with Crippen LogP contribution in [0.5, 0.6) is 0 Å². The van der Waals surface area contributed by atoms with E-state index in [9.17, 15) is 14.0 Å². The summed E-state index contributed by atoms with van der Waals surface area (Å²) in [7, 11) is -0.603. The Morgan fingerprint density at radius 2 is 1.51 bits per heavy atom. The smallest absolute Gasteiger partial charge is 0.399 e. The van der Waals surface area contributed by atoms with Crippen molar-refractivity contribution in [2.75, 3.05) is 18.0 Å². The molecule has 2 amide bonds. The quantitative estimate of drug-likeness (QED) is 0.494. The Labute approximate surface area is 216 Å². The van der Waals surface area contributed by atoms with Gasteiger partial charge >= 0.3 is 7.12 Å². The lowest BCUT2D eigenvalue weighted by molar-refractivity contribution is -0.134. The van der Waals surface area contributed by atoms with E-state index in [0.717, 1.165) is 18.5 Å². The summed E-state index contributed by atoms with van der Waals surface area (Å²) in [5.74, 6) is -2.06. The second-order valence-corrected chi connectivity index (χ2v) is 11.3. The summed E-state index contributed by atoms with van der Waals surface area (Å²) >= 11 is 0. The number of imide groups is 1. The van der Waals surface area contributed by atoms with E-state index >= 15 is 4.39 Å². The lowest BCUT2D eigenvalue weighted by Gasteiger charge is -2.34. The first kappa shape index (κ1) is 25.9. The van der Waals surface area contributed by atoms with Crippen molar-refractivity contribution in [2.45, 2.75) is 76.4 Å². The fraction of sp³-hybridized carbons (Fsp3) is 0.500. The molecule has 3 fully saturated rings. The predicted molar refractivity (Wildman–Crippen MR) is 138 cm³/mol. The second kappa shape index (κ2) is 9.51. The average molecular weight is 510 g/mol. The monoisotopic (exact) mass is 510 g/mol. The SMILES string of the molecule is CC1(C)OB(c2ccc(C3CCN(c4ccc(C5CCC(=O)NC5=O)c(F)c4)CC3)c(F)c2)OC1(C)C. The van der Waals surface area contributed by atoms with Gasteiger partial charge in [-0.1, -0.05) is 18.2 Å². The van der Waals surface area contributed by atoms with Crippen LogP contribution in [0.25, 0.3) is 0 Å². The molecule has 9 heteroatoms. The van der Waals surface area contributed by atoms with Crippen molar-refractivity contribution in [1.29, 1.82) is 0 Å². The lowest BCUT2D eigenvalue weighted by Crippen LogP contribution is -2.41. The molecule has 6 nitrogen and oxygen atoms in total. The van der Waals surface area contributed by atoms with Crippen LogP contribution in [0.15, 0.2) is 36.4 Å². The maximum absolute atomic E-state index is 15.2. The number of hydrogen-bond acceptors (Lipinski definition) is 5. The summed E-state index contributed by atoms with van der Waals surface area (Å²) < 4.78 is 42.3. The number of piperidine rings is 2. The number of nitrogens with zero attached hydrogens (tertiary/aromatic N) is 1. The Balaban J connectivity index is 1.23. The van der Waals surface area contributed by atoms with E-state index < -0.39 is 36.0 Å². The first-order chi connectivity index (χ1) is 17.4. The molecule has 1 atom stereocenters. The van der Waals surface area contributed by atoms with E-state index in [1.54, 1.807) is 6.07 Å². The van der Waals surface area contributed by atoms with Gasteiger partial charge in [-0.3, -0.25) is 14.9 Å². The summed E-state index contributed by atoms with van der Waals surface area (Å²) in [6.45, 7) is 9.22. The number of halogens is 2. The zero-order valence-corrected chi connectivity index (χ0v) is 21.8. The van der Waals surface area contributed by atoms with E-state index in [1.807, 2.05) is 45.9 Å². The molecule has 37 heavy (non-hydrogen) atoms. The number of amides is 2. The number of hydrogen-bond donors (Lipinski definition) is 1. The van der Waals surface area contributed by atoms with Gasteiger partial charge in [0.1, 0.15) is 11.6 Å². The molecular weight excluding hydrogens is 477 g/mol. The van der Waals surface area contributed by atoms with Crippen LogP contribution < -0.4 is 15.7 Å². The molecule has 2 aromatic carbocycles. The van der Waals surface area contributed by atoms with Crippen molar-refractivity contribution >= 4 is 30.1 Å². The zero-order valence-electron chi connectivity index (χ0n) is 21.8. The van der Waals surface area contributed by atoms with Crippen molar-refractivity contribution in [3.05, 3.63) is 59.2 Å². The molecule has 196 valence electrons. The summed E-state index contributed by atoms with van der Waals surface area (Å²) in [6, 6.07) is 10.2. The minimum Gasteiger partial charge on any atom is -0.399 e. The molecule has 0 saturated carbocycles. The second-order valence-electron chi connectivity index (χ2n) is 11.3. The highest BCUT2D eigenvalue weighted by atomic mass is 19.1. The molecule has 2 aromatic rings. The van der Waals surface area contributed by atoms with Gasteiger partial charge in [0.2, 0.25) is 11.8 Å². The van der Waals surface area contributed by atoms with Crippen LogP contribution in [0.2, 0.25) is 0 Å². The van der Waals surface area contributed by atoms with Gasteiger partial charge in [0.15, 0.2) is 0 Å². The van der Waals surface area contributed by atoms with Gasteiger partial charge in [-0.05, 0) is 82.1 Å². The van der Waals surface area contributed by atoms with Gasteiger partial charge in [-0.25, -0.2) is 8.78 Å². The summed E-state index contributed by atoms with van der Waals surface area (Å²) in [5.41, 5.74) is 1.43. The third kappa shape index (κ3) is 4.91. The Morgan fingerprint density at radius 3 is 2.11 bits per heavy atom. The number of benzene rings is 2. The van der Waals surface area contributed by atoms with Gasteiger partial charge in [-0.2, -0.15) is 0 Å². The topological polar surface area (TPSA) is 67.9 Å². The van der Waals surface area contributed by atoms with Crippen LogP contribution >= 0.6 is 0 Å². The number of carbonyl (C=O) groups is 2. The largest absolute Gasteiger partial charge is 0.494 e. The maximum atomic E-state index is 15.2. The fourth-order valence-electron chi connectivity index (χ4n) is 5.43. The predicted octanol–water partition coefficient (Wildman–Crippen LogP) is 4.17. The highest BCUT2D eigenvalue weighted by Gasteiger charge is 2.51. The number of anilines is 1. The molecule has 0 bridgehead atoms. The Bertz CT molecular complexity index is 1210. The maximum Gasteiger partial charge on any atom is 0.494 e. The summed E-state index contributed by atoms with van der Waals surface area (Å²) in [4.78, 5) is 25.6. The van der Waals surface area contributed by atoms with Gasteiger partial charge in [0.25, 0.3) is 0 Å². The molecule has 3 saturated heterocycles. The molecule has 1 unspecified atom stereocenters. The van der Waals surface area contributed by atoms with Gasteiger partial charge < -0.3 is 14.2 Å². The number of rotatable bonds is 4. The molecule has 0 spiro atoms. The Morgan fingerprint density at radius 1 is 0.892 bits per heavy atom.